The highest BCUT2D eigenvalue weighted by molar-refractivity contribution is 5.83. The summed E-state index contributed by atoms with van der Waals surface area (Å²) in [5.41, 5.74) is 0.373. The van der Waals surface area contributed by atoms with E-state index < -0.39 is 5.60 Å². The topological polar surface area (TPSA) is 46.5 Å². The van der Waals surface area contributed by atoms with Gasteiger partial charge in [0.25, 0.3) is 0 Å². The van der Waals surface area contributed by atoms with E-state index in [4.69, 9.17) is 4.74 Å². The molecule has 0 aliphatic heterocycles. The summed E-state index contributed by atoms with van der Waals surface area (Å²) >= 11 is 0. The normalized spacial score (nSPS) is 14.5. The van der Waals surface area contributed by atoms with E-state index in [1.807, 2.05) is 26.8 Å². The van der Waals surface area contributed by atoms with Crippen LogP contribution in [0.5, 0.6) is 0 Å². The number of carbonyl (C=O) groups is 1. The van der Waals surface area contributed by atoms with Crippen molar-refractivity contribution in [2.24, 2.45) is 5.92 Å². The van der Waals surface area contributed by atoms with Crippen LogP contribution in [0.15, 0.2) is 23.8 Å². The van der Waals surface area contributed by atoms with Crippen LogP contribution in [0.2, 0.25) is 0 Å². The Morgan fingerprint density at radius 2 is 2.00 bits per heavy atom. The third-order valence-electron chi connectivity index (χ3n) is 3.32. The third kappa shape index (κ3) is 13.6. The third-order valence-corrected chi connectivity index (χ3v) is 3.32. The molecule has 0 bridgehead atoms. The maximum atomic E-state index is 11.2. The van der Waals surface area contributed by atoms with Gasteiger partial charge in [-0.25, -0.2) is 4.79 Å². The predicted molar refractivity (Wildman–Crippen MR) is 88.1 cm³/mol. The average molecular weight is 296 g/mol. The Labute approximate surface area is 130 Å². The maximum Gasteiger partial charge on any atom is 0.330 e. The van der Waals surface area contributed by atoms with E-state index >= 15 is 0 Å². The highest BCUT2D eigenvalue weighted by atomic mass is 16.5. The van der Waals surface area contributed by atoms with Crippen LogP contribution in [-0.2, 0) is 9.53 Å². The minimum Gasteiger partial charge on any atom is -0.463 e. The molecule has 0 aromatic heterocycles. The number of carbonyl (C=O) groups excluding carboxylic acids is 1. The predicted octanol–water partition coefficient (Wildman–Crippen LogP) is 4.41. The lowest BCUT2D eigenvalue weighted by Crippen LogP contribution is -2.18. The van der Waals surface area contributed by atoms with E-state index in [0.717, 1.165) is 37.7 Å². The standard InChI is InChI=1S/C18H32O3/c1-6-21-17(19)14-16(3)11-8-7-10-15(2)12-9-13-18(4,5)20/h8,11,14-15,20H,6-7,9-10,12-13H2,1-5H3. The molecule has 0 aliphatic carbocycles. The van der Waals surface area contributed by atoms with E-state index in [1.54, 1.807) is 6.92 Å². The van der Waals surface area contributed by atoms with Gasteiger partial charge < -0.3 is 9.84 Å². The van der Waals surface area contributed by atoms with Gasteiger partial charge in [-0.2, -0.15) is 0 Å². The molecule has 0 heterocycles. The molecule has 21 heavy (non-hydrogen) atoms. The molecule has 0 aromatic rings. The Hall–Kier alpha value is -1.09. The summed E-state index contributed by atoms with van der Waals surface area (Å²) in [6.45, 7) is 10.1. The lowest BCUT2D eigenvalue weighted by Gasteiger charge is -2.18. The minimum absolute atomic E-state index is 0.278. The first-order chi connectivity index (χ1) is 9.74. The first-order valence-electron chi connectivity index (χ1n) is 7.98. The van der Waals surface area contributed by atoms with Crippen LogP contribution in [0, 0.1) is 5.92 Å². The SMILES string of the molecule is CCOC(=O)C=C(C)C=CCCC(C)CCCC(C)(C)O. The Kier molecular flexibility index (Phi) is 10.1. The summed E-state index contributed by atoms with van der Waals surface area (Å²) in [6, 6.07) is 0. The van der Waals surface area contributed by atoms with Crippen molar-refractivity contribution in [3.8, 4) is 0 Å². The zero-order valence-electron chi connectivity index (χ0n) is 14.3. The summed E-state index contributed by atoms with van der Waals surface area (Å²) in [5, 5.41) is 9.66. The van der Waals surface area contributed by atoms with Crippen molar-refractivity contribution in [2.45, 2.75) is 72.3 Å². The van der Waals surface area contributed by atoms with Gasteiger partial charge in [-0.15, -0.1) is 0 Å². The van der Waals surface area contributed by atoms with E-state index in [-0.39, 0.29) is 5.97 Å². The van der Waals surface area contributed by atoms with Crippen LogP contribution in [0.3, 0.4) is 0 Å². The molecule has 0 fully saturated rings. The number of esters is 1. The first kappa shape index (κ1) is 19.9. The van der Waals surface area contributed by atoms with Crippen molar-refractivity contribution in [1.29, 1.82) is 0 Å². The molecule has 0 aliphatic rings. The molecular weight excluding hydrogens is 264 g/mol. The smallest absolute Gasteiger partial charge is 0.330 e. The fraction of sp³-hybridized carbons (Fsp3) is 0.722. The average Bonchev–Trinajstić information content (AvgIpc) is 2.33. The molecule has 122 valence electrons. The summed E-state index contributed by atoms with van der Waals surface area (Å²) < 4.78 is 4.86. The highest BCUT2D eigenvalue weighted by Crippen LogP contribution is 2.18. The van der Waals surface area contributed by atoms with E-state index in [2.05, 4.69) is 13.0 Å². The second-order valence-electron chi connectivity index (χ2n) is 6.43. The van der Waals surface area contributed by atoms with Crippen LogP contribution in [0.1, 0.15) is 66.7 Å². The number of ether oxygens (including phenoxy) is 1. The van der Waals surface area contributed by atoms with Gasteiger partial charge >= 0.3 is 5.97 Å². The molecule has 1 unspecified atom stereocenters. The van der Waals surface area contributed by atoms with Crippen LogP contribution in [0.4, 0.5) is 0 Å². The van der Waals surface area contributed by atoms with Crippen molar-refractivity contribution in [2.75, 3.05) is 6.61 Å². The Morgan fingerprint density at radius 3 is 2.57 bits per heavy atom. The number of allylic oxidation sites excluding steroid dienone is 3. The molecule has 1 atom stereocenters. The van der Waals surface area contributed by atoms with Gasteiger partial charge in [0.2, 0.25) is 0 Å². The maximum absolute atomic E-state index is 11.2. The van der Waals surface area contributed by atoms with Gasteiger partial charge in [-0.3, -0.25) is 0 Å². The van der Waals surface area contributed by atoms with E-state index in [0.29, 0.717) is 12.5 Å². The second kappa shape index (κ2) is 10.6. The summed E-state index contributed by atoms with van der Waals surface area (Å²) in [4.78, 5) is 11.2. The van der Waals surface area contributed by atoms with Crippen molar-refractivity contribution < 1.29 is 14.6 Å². The van der Waals surface area contributed by atoms with Crippen molar-refractivity contribution in [1.82, 2.24) is 0 Å². The molecule has 0 radical (unpaired) electrons. The molecule has 0 rings (SSSR count). The molecule has 3 heteroatoms. The summed E-state index contributed by atoms with van der Waals surface area (Å²) in [6.07, 6.45) is 10.8. The van der Waals surface area contributed by atoms with Gasteiger partial charge in [-0.05, 0) is 58.4 Å². The second-order valence-corrected chi connectivity index (χ2v) is 6.43. The number of hydrogen-bond donors (Lipinski definition) is 1. The molecule has 0 saturated heterocycles. The molecule has 3 nitrogen and oxygen atoms in total. The number of hydrogen-bond acceptors (Lipinski definition) is 3. The van der Waals surface area contributed by atoms with Crippen LogP contribution in [0.25, 0.3) is 0 Å². The lowest BCUT2D eigenvalue weighted by molar-refractivity contribution is -0.137. The van der Waals surface area contributed by atoms with Gasteiger partial charge in [0.05, 0.1) is 12.2 Å². The van der Waals surface area contributed by atoms with E-state index in [1.165, 1.54) is 6.08 Å². The summed E-state index contributed by atoms with van der Waals surface area (Å²) in [7, 11) is 0. The van der Waals surface area contributed by atoms with Crippen molar-refractivity contribution in [3.63, 3.8) is 0 Å². The molecular formula is C18H32O3. The van der Waals surface area contributed by atoms with Gasteiger partial charge in [0, 0.05) is 6.08 Å². The molecule has 0 amide bonds. The summed E-state index contributed by atoms with van der Waals surface area (Å²) in [5.74, 6) is 0.381. The fourth-order valence-corrected chi connectivity index (χ4v) is 2.10. The number of rotatable bonds is 10. The molecule has 0 saturated carbocycles. The van der Waals surface area contributed by atoms with Crippen LogP contribution < -0.4 is 0 Å². The molecule has 1 N–H and O–H groups in total. The minimum atomic E-state index is -0.547. The first-order valence-corrected chi connectivity index (χ1v) is 7.98. The Balaban J connectivity index is 3.86. The van der Waals surface area contributed by atoms with Crippen molar-refractivity contribution >= 4 is 5.97 Å². The Bertz CT molecular complexity index is 348. The zero-order chi connectivity index (χ0) is 16.3. The van der Waals surface area contributed by atoms with Gasteiger partial charge in [0.1, 0.15) is 0 Å². The monoisotopic (exact) mass is 296 g/mol. The van der Waals surface area contributed by atoms with Gasteiger partial charge in [0.15, 0.2) is 0 Å². The molecule has 0 aromatic carbocycles. The van der Waals surface area contributed by atoms with Gasteiger partial charge in [-0.1, -0.05) is 31.9 Å². The highest BCUT2D eigenvalue weighted by Gasteiger charge is 2.12. The number of aliphatic hydroxyl groups is 1. The fourth-order valence-electron chi connectivity index (χ4n) is 2.10. The quantitative estimate of drug-likeness (QED) is 0.369. The van der Waals surface area contributed by atoms with Crippen molar-refractivity contribution in [3.05, 3.63) is 23.8 Å². The molecule has 0 spiro atoms. The Morgan fingerprint density at radius 1 is 1.33 bits per heavy atom. The zero-order valence-corrected chi connectivity index (χ0v) is 14.3. The van der Waals surface area contributed by atoms with Crippen LogP contribution >= 0.6 is 0 Å². The lowest BCUT2D eigenvalue weighted by atomic mass is 9.94. The largest absolute Gasteiger partial charge is 0.463 e. The van der Waals surface area contributed by atoms with Crippen LogP contribution in [-0.4, -0.2) is 23.3 Å². The van der Waals surface area contributed by atoms with E-state index in [9.17, 15) is 9.90 Å².